The summed E-state index contributed by atoms with van der Waals surface area (Å²) >= 11 is 0. The zero-order chi connectivity index (χ0) is 59.5. The monoisotopic (exact) mass is 1170 g/mol. The molecule has 3 spiro atoms. The van der Waals surface area contributed by atoms with E-state index in [2.05, 4.69) is 134 Å². The molecule has 6 aliphatic heterocycles. The largest absolute Gasteiger partial charge is 0.516 e. The molecule has 0 unspecified atom stereocenters. The van der Waals surface area contributed by atoms with Crippen molar-refractivity contribution in [2.75, 3.05) is 26.8 Å². The number of carboxylic acid groups (broad SMARTS) is 1. The number of fused-ring (bicyclic) bond motifs is 1. The molecule has 3 aromatic rings. The molecule has 16 aliphatic rings. The van der Waals surface area contributed by atoms with Gasteiger partial charge < -0.3 is 35.8 Å². The van der Waals surface area contributed by atoms with E-state index in [1.165, 1.54) is 74.9 Å². The van der Waals surface area contributed by atoms with E-state index in [1.54, 1.807) is 18.3 Å². The number of rotatable bonds is 7. The molecule has 5 saturated carbocycles. The molecule has 13 atom stereocenters. The molecule has 19 rings (SSSR count). The van der Waals surface area contributed by atoms with Crippen molar-refractivity contribution in [2.45, 2.75) is 180 Å². The molecule has 6 heterocycles. The second-order valence-corrected chi connectivity index (χ2v) is 30.9. The van der Waals surface area contributed by atoms with Gasteiger partial charge in [0.1, 0.15) is 0 Å². The van der Waals surface area contributed by atoms with E-state index in [-0.39, 0.29) is 39.9 Å². The van der Waals surface area contributed by atoms with Gasteiger partial charge in [-0.15, -0.1) is 0 Å². The number of hydrogen-bond donors (Lipinski definition) is 6. The van der Waals surface area contributed by atoms with E-state index in [4.69, 9.17) is 4.74 Å². The van der Waals surface area contributed by atoms with Crippen LogP contribution in [-0.2, 0) is 28.8 Å². The Bertz CT molecular complexity index is 3520. The quantitative estimate of drug-likeness (QED) is 0.102. The molecular formula is C79H98N2O6. The zero-order valence-corrected chi connectivity index (χ0v) is 52.4. The molecule has 5 fully saturated rings. The lowest BCUT2D eigenvalue weighted by molar-refractivity contribution is -0.198. The van der Waals surface area contributed by atoms with Crippen LogP contribution in [0.5, 0.6) is 0 Å². The number of carbonyl (C=O) groups is 1. The van der Waals surface area contributed by atoms with E-state index in [9.17, 15) is 25.2 Å². The van der Waals surface area contributed by atoms with Crippen LogP contribution in [0.1, 0.15) is 171 Å². The van der Waals surface area contributed by atoms with Crippen molar-refractivity contribution in [3.05, 3.63) is 170 Å². The first-order valence-electron chi connectivity index (χ1n) is 34.7. The minimum atomic E-state index is -0.782. The summed E-state index contributed by atoms with van der Waals surface area (Å²) in [5, 5.41) is 60.2. The predicted molar refractivity (Wildman–Crippen MR) is 347 cm³/mol. The smallest absolute Gasteiger partial charge is 0.306 e. The zero-order valence-electron chi connectivity index (χ0n) is 52.4. The first-order chi connectivity index (χ1) is 42.3. The lowest BCUT2D eigenvalue weighted by Gasteiger charge is -2.76. The third kappa shape index (κ3) is 8.89. The van der Waals surface area contributed by atoms with Gasteiger partial charge >= 0.3 is 5.97 Å². The minimum absolute atomic E-state index is 0.0935. The van der Waals surface area contributed by atoms with Gasteiger partial charge in [-0.2, -0.15) is 0 Å². The second kappa shape index (κ2) is 22.2. The standard InChI is InChI=1S/C79H98N2O6/c1-74-32-11-33-76-45-64-63-42-53-12-9-16-55(41-53)57-24-26-70(81-48-57)80-38-10-18-60(54-13-5-4-6-14-54)58(49-82)23-25-62(72(85)86)71-68(83)47-79-67(46-76)66(78(73(74)76,37-30-69(74)84)65(64)43-56-15-7-8-17-61(56)63)44-59(75(71,79)2)29-36-77(79)34-27-52(28-35-77)40-51-21-19-50(20-22-51)31-39-87-3/h7-9,11-12,15-17,19-22,24,26,33,41,43,45,49,52,54,59-60,62,65,68-69,71,73,80-84H,4-6,10,13-14,18,23,25,27-32,34-40,42,44,46-48H2,1-3H3,(H,85,86)/b58-49+/t52?,59-,60-,62+,65-,68+,69-,71-,73+,74+,75+,76+,77?,78-,79+/m0/s1. The Morgan fingerprint density at radius 1 is 0.828 bits per heavy atom. The van der Waals surface area contributed by atoms with Crippen molar-refractivity contribution in [2.24, 2.45) is 79.8 Å². The molecule has 0 radical (unpaired) electrons. The number of ether oxygens (including phenoxy) is 1. The maximum absolute atomic E-state index is 14.7. The molecule has 0 saturated heterocycles. The highest BCUT2D eigenvalue weighted by molar-refractivity contribution is 5.78. The minimum Gasteiger partial charge on any atom is -0.516 e. The molecule has 10 aliphatic carbocycles. The van der Waals surface area contributed by atoms with Gasteiger partial charge in [-0.05, 0) is 236 Å². The van der Waals surface area contributed by atoms with Crippen molar-refractivity contribution >= 4 is 23.2 Å². The maximum atomic E-state index is 14.7. The van der Waals surface area contributed by atoms with Crippen LogP contribution in [0.15, 0.2) is 138 Å². The summed E-state index contributed by atoms with van der Waals surface area (Å²) in [6.45, 7) is 7.29. The molecule has 8 heteroatoms. The normalized spacial score (nSPS) is 40.0. The highest BCUT2D eigenvalue weighted by Crippen LogP contribution is 2.86. The van der Waals surface area contributed by atoms with Crippen molar-refractivity contribution in [1.29, 1.82) is 0 Å². The van der Waals surface area contributed by atoms with E-state index < -0.39 is 46.3 Å². The number of methoxy groups -OCH3 is 1. The van der Waals surface area contributed by atoms with Gasteiger partial charge in [0.2, 0.25) is 0 Å². The van der Waals surface area contributed by atoms with Crippen LogP contribution in [0.3, 0.4) is 0 Å². The lowest BCUT2D eigenvalue weighted by Crippen LogP contribution is -2.70. The Hall–Kier alpha value is -5.41. The SMILES string of the molecule is COCCc1ccc(CC2CCC3(CC2)CC[C@H]2CC4=C5C[C@@]67C=CC[C@]8(C)[C@@H](O)CC[C@@]4([C@H]4C=c9ccccc9=C(Cc9cccc(c9)C9=CC=C(NCCC[C@@H](C%10CCCCC%10)/C(=C/O)CC[C@@H](C(=O)O)[C@H]%10[C@H](O)C[C@]53[C@]2%10C)NC9)C4=C6)[C@@H]78)cc1. The Labute approximate surface area is 518 Å². The molecular weight excluding hydrogens is 1070 g/mol. The highest BCUT2D eigenvalue weighted by Gasteiger charge is 2.80. The fraction of sp³-hybridized carbons (Fsp3) is 0.582. The molecule has 87 heavy (non-hydrogen) atoms. The number of dihydropyridines is 1. The van der Waals surface area contributed by atoms with Gasteiger partial charge in [0.25, 0.3) is 0 Å². The molecule has 3 aromatic carbocycles. The molecule has 15 bridgehead atoms. The van der Waals surface area contributed by atoms with Crippen molar-refractivity contribution < 1.29 is 30.0 Å². The van der Waals surface area contributed by atoms with E-state index in [0.717, 1.165) is 147 Å². The fourth-order valence-electron chi connectivity index (χ4n) is 23.9. The van der Waals surface area contributed by atoms with Gasteiger partial charge in [0.05, 0.1) is 36.8 Å². The number of aliphatic hydroxyl groups excluding tert-OH is 3. The predicted octanol–water partition coefficient (Wildman–Crippen LogP) is 14.0. The summed E-state index contributed by atoms with van der Waals surface area (Å²) in [7, 11) is 1.78. The van der Waals surface area contributed by atoms with Crippen LogP contribution in [-0.4, -0.2) is 65.4 Å². The fourth-order valence-corrected chi connectivity index (χ4v) is 23.9. The van der Waals surface area contributed by atoms with Crippen LogP contribution in [0.4, 0.5) is 0 Å². The lowest BCUT2D eigenvalue weighted by atomic mass is 9.27. The van der Waals surface area contributed by atoms with Crippen LogP contribution in [0.2, 0.25) is 0 Å². The number of carboxylic acids is 1. The van der Waals surface area contributed by atoms with Crippen LogP contribution in [0.25, 0.3) is 17.2 Å². The van der Waals surface area contributed by atoms with Gasteiger partial charge in [0.15, 0.2) is 0 Å². The van der Waals surface area contributed by atoms with Gasteiger partial charge in [-0.25, -0.2) is 0 Å². The third-order valence-electron chi connectivity index (χ3n) is 27.4. The first-order valence-corrected chi connectivity index (χ1v) is 34.7. The number of aliphatic carboxylic acids is 1. The number of allylic oxidation sites excluding steroid dienone is 9. The molecule has 460 valence electrons. The number of benzene rings is 3. The summed E-state index contributed by atoms with van der Waals surface area (Å²) in [5.41, 5.74) is 11.7. The first kappa shape index (κ1) is 58.0. The average molecular weight is 1170 g/mol. The summed E-state index contributed by atoms with van der Waals surface area (Å²) in [4.78, 5) is 14.7. The summed E-state index contributed by atoms with van der Waals surface area (Å²) in [6.07, 6.45) is 38.4. The maximum Gasteiger partial charge on any atom is 0.306 e. The van der Waals surface area contributed by atoms with E-state index in [1.807, 2.05) is 0 Å². The van der Waals surface area contributed by atoms with Crippen molar-refractivity contribution in [3.8, 4) is 0 Å². The average Bonchev–Trinajstić information content (AvgIpc) is 1.63. The Kier molecular flexibility index (Phi) is 14.8. The van der Waals surface area contributed by atoms with Crippen molar-refractivity contribution in [1.82, 2.24) is 10.6 Å². The van der Waals surface area contributed by atoms with Crippen LogP contribution < -0.4 is 21.1 Å². The molecule has 0 amide bonds. The summed E-state index contributed by atoms with van der Waals surface area (Å²) in [6, 6.07) is 27.9. The second-order valence-electron chi connectivity index (χ2n) is 30.9. The highest BCUT2D eigenvalue weighted by atomic mass is 16.5. The van der Waals surface area contributed by atoms with Gasteiger partial charge in [0, 0.05) is 53.7 Å². The van der Waals surface area contributed by atoms with Gasteiger partial charge in [-0.3, -0.25) is 4.79 Å². The Morgan fingerprint density at radius 2 is 1.63 bits per heavy atom. The van der Waals surface area contributed by atoms with Gasteiger partial charge in [-0.1, -0.05) is 147 Å². The Morgan fingerprint density at radius 3 is 2.41 bits per heavy atom. The van der Waals surface area contributed by atoms with E-state index in [0.29, 0.717) is 31.1 Å². The summed E-state index contributed by atoms with van der Waals surface area (Å²) in [5.74, 6) is 0.706. The molecule has 8 nitrogen and oxygen atoms in total. The number of aliphatic hydroxyl groups is 3. The summed E-state index contributed by atoms with van der Waals surface area (Å²) < 4.78 is 5.43. The van der Waals surface area contributed by atoms with Crippen LogP contribution in [0, 0.1) is 79.8 Å². The van der Waals surface area contributed by atoms with E-state index >= 15 is 0 Å². The third-order valence-corrected chi connectivity index (χ3v) is 27.4. The Balaban J connectivity index is 0.917. The molecule has 0 aromatic heterocycles. The topological polar surface area (TPSA) is 131 Å². The van der Waals surface area contributed by atoms with Crippen LogP contribution >= 0.6 is 0 Å². The molecule has 6 N–H and O–H groups in total. The van der Waals surface area contributed by atoms with Crippen molar-refractivity contribution in [3.63, 3.8) is 0 Å². The number of hydrogen-bond acceptors (Lipinski definition) is 7. The number of nitrogens with one attached hydrogen (secondary N) is 2.